The molecule has 8 heteroatoms. The molecule has 1 atom stereocenters. The Morgan fingerprint density at radius 1 is 1.14 bits per heavy atom. The minimum atomic E-state index is -0.0136. The van der Waals surface area contributed by atoms with E-state index in [4.69, 9.17) is 11.6 Å². The van der Waals surface area contributed by atoms with Crippen LogP contribution in [0.1, 0.15) is 18.1 Å². The number of benzene rings is 2. The molecule has 3 aromatic rings. The van der Waals surface area contributed by atoms with Crippen LogP contribution in [-0.4, -0.2) is 32.6 Å². The van der Waals surface area contributed by atoms with Crippen molar-refractivity contribution in [1.29, 1.82) is 0 Å². The van der Waals surface area contributed by atoms with Crippen molar-refractivity contribution in [3.63, 3.8) is 0 Å². The summed E-state index contributed by atoms with van der Waals surface area (Å²) in [5.74, 6) is 1.03. The molecule has 4 rings (SSSR count). The molecule has 1 aromatic heterocycles. The molecule has 28 heavy (non-hydrogen) atoms. The second kappa shape index (κ2) is 7.69. The third-order valence-electron chi connectivity index (χ3n) is 5.00. The highest BCUT2D eigenvalue weighted by Crippen LogP contribution is 2.34. The van der Waals surface area contributed by atoms with E-state index in [1.165, 1.54) is 5.56 Å². The molecule has 0 radical (unpaired) electrons. The Balaban J connectivity index is 1.53. The monoisotopic (exact) mass is 398 g/mol. The van der Waals surface area contributed by atoms with Gasteiger partial charge in [0.2, 0.25) is 5.95 Å². The molecule has 1 aliphatic heterocycles. The molecule has 7 nitrogen and oxygen atoms in total. The van der Waals surface area contributed by atoms with Crippen molar-refractivity contribution in [2.75, 3.05) is 22.0 Å². The zero-order valence-electron chi connectivity index (χ0n) is 15.9. The Bertz CT molecular complexity index is 961. The van der Waals surface area contributed by atoms with E-state index in [0.717, 1.165) is 29.4 Å². The van der Waals surface area contributed by atoms with Crippen LogP contribution in [0.15, 0.2) is 48.5 Å². The number of hydrazine groups is 1. The average Bonchev–Trinajstić information content (AvgIpc) is 3.09. The second-order valence-electron chi connectivity index (χ2n) is 6.96. The highest BCUT2D eigenvalue weighted by molar-refractivity contribution is 6.31. The summed E-state index contributed by atoms with van der Waals surface area (Å²) in [4.78, 5) is 0. The fourth-order valence-electron chi connectivity index (χ4n) is 3.51. The number of hydrogen-bond donors (Lipinski definition) is 2. The number of halogens is 1. The number of nitrogens with one attached hydrogen (secondary N) is 1. The third kappa shape index (κ3) is 3.39. The molecule has 0 amide bonds. The van der Waals surface area contributed by atoms with Crippen molar-refractivity contribution in [3.8, 4) is 0 Å². The maximum Gasteiger partial charge on any atom is 0.273 e. The first-order chi connectivity index (χ1) is 13.6. The van der Waals surface area contributed by atoms with Crippen LogP contribution in [0.5, 0.6) is 0 Å². The number of rotatable bonds is 5. The normalized spacial score (nSPS) is 16.2. The van der Waals surface area contributed by atoms with Crippen molar-refractivity contribution < 1.29 is 5.21 Å². The summed E-state index contributed by atoms with van der Waals surface area (Å²) in [6.07, 6.45) is 0.884. The second-order valence-corrected chi connectivity index (χ2v) is 7.37. The Morgan fingerprint density at radius 2 is 1.93 bits per heavy atom. The molecule has 0 saturated carbocycles. The molecule has 146 valence electrons. The summed E-state index contributed by atoms with van der Waals surface area (Å²) in [7, 11) is 0. The van der Waals surface area contributed by atoms with E-state index in [2.05, 4.69) is 27.6 Å². The van der Waals surface area contributed by atoms with Crippen molar-refractivity contribution in [3.05, 3.63) is 64.7 Å². The topological polar surface area (TPSA) is 69.5 Å². The lowest BCUT2D eigenvalue weighted by atomic mass is 10.1. The molecule has 1 unspecified atom stereocenters. The fraction of sp³-hybridized carbons (Fsp3) is 0.300. The van der Waals surface area contributed by atoms with Gasteiger partial charge in [-0.05, 0) is 43.5 Å². The number of nitrogens with zero attached hydrogens (tertiary/aromatic N) is 5. The summed E-state index contributed by atoms with van der Waals surface area (Å²) in [6.45, 7) is 5.35. The number of hydrogen-bond acceptors (Lipinski definition) is 6. The van der Waals surface area contributed by atoms with Crippen molar-refractivity contribution in [2.24, 2.45) is 0 Å². The summed E-state index contributed by atoms with van der Waals surface area (Å²) in [6, 6.07) is 15.9. The minimum Gasteiger partial charge on any atom is -0.354 e. The average molecular weight is 399 g/mol. The van der Waals surface area contributed by atoms with Gasteiger partial charge in [-0.15, -0.1) is 15.4 Å². The smallest absolute Gasteiger partial charge is 0.273 e. The van der Waals surface area contributed by atoms with Crippen LogP contribution in [0.3, 0.4) is 0 Å². The molecule has 2 heterocycles. The molecule has 0 saturated heterocycles. The quantitative estimate of drug-likeness (QED) is 0.679. The molecule has 2 N–H and O–H groups in total. The Morgan fingerprint density at radius 3 is 2.71 bits per heavy atom. The van der Waals surface area contributed by atoms with Crippen LogP contribution in [0.25, 0.3) is 0 Å². The number of aromatic nitrogens is 3. The fourth-order valence-corrected chi connectivity index (χ4v) is 3.68. The zero-order valence-corrected chi connectivity index (χ0v) is 16.6. The zero-order chi connectivity index (χ0) is 19.7. The van der Waals surface area contributed by atoms with Crippen molar-refractivity contribution in [2.45, 2.75) is 32.9 Å². The Hall–Kier alpha value is -2.77. The van der Waals surface area contributed by atoms with Crippen LogP contribution in [0, 0.1) is 6.92 Å². The number of fused-ring (bicyclic) bond motifs is 1. The van der Waals surface area contributed by atoms with Gasteiger partial charge >= 0.3 is 0 Å². The highest BCUT2D eigenvalue weighted by atomic mass is 35.5. The lowest BCUT2D eigenvalue weighted by Crippen LogP contribution is -2.53. The van der Waals surface area contributed by atoms with Crippen LogP contribution in [0.4, 0.5) is 17.6 Å². The van der Waals surface area contributed by atoms with Gasteiger partial charge in [-0.3, -0.25) is 14.8 Å². The maximum atomic E-state index is 10.8. The van der Waals surface area contributed by atoms with Crippen LogP contribution < -0.4 is 15.5 Å². The first-order valence-electron chi connectivity index (χ1n) is 9.30. The van der Waals surface area contributed by atoms with Crippen LogP contribution >= 0.6 is 11.6 Å². The first kappa shape index (κ1) is 18.6. The maximum absolute atomic E-state index is 10.8. The third-order valence-corrected chi connectivity index (χ3v) is 5.41. The first-order valence-corrected chi connectivity index (χ1v) is 9.68. The molecular formula is C20H23ClN6O. The molecule has 0 spiro atoms. The van der Waals surface area contributed by atoms with Crippen LogP contribution in [-0.2, 0) is 13.0 Å². The van der Waals surface area contributed by atoms with Gasteiger partial charge in [-0.1, -0.05) is 48.0 Å². The van der Waals surface area contributed by atoms with Gasteiger partial charge in [0, 0.05) is 11.6 Å². The van der Waals surface area contributed by atoms with Gasteiger partial charge < -0.3 is 5.32 Å². The predicted molar refractivity (Wildman–Crippen MR) is 111 cm³/mol. The van der Waals surface area contributed by atoms with Gasteiger partial charge in [0.1, 0.15) is 0 Å². The van der Waals surface area contributed by atoms with E-state index < -0.39 is 0 Å². The van der Waals surface area contributed by atoms with E-state index >= 15 is 0 Å². The van der Waals surface area contributed by atoms with E-state index in [1.54, 1.807) is 5.01 Å². The predicted octanol–water partition coefficient (Wildman–Crippen LogP) is 3.91. The minimum absolute atomic E-state index is 0.0136. The number of anilines is 3. The summed E-state index contributed by atoms with van der Waals surface area (Å²) >= 11 is 6.27. The molecule has 1 aliphatic rings. The lowest BCUT2D eigenvalue weighted by molar-refractivity contribution is 0.202. The van der Waals surface area contributed by atoms with E-state index in [0.29, 0.717) is 23.5 Å². The highest BCUT2D eigenvalue weighted by Gasteiger charge is 2.33. The molecule has 2 aromatic carbocycles. The van der Waals surface area contributed by atoms with Gasteiger partial charge in [0.05, 0.1) is 18.3 Å². The Kier molecular flexibility index (Phi) is 5.11. The summed E-state index contributed by atoms with van der Waals surface area (Å²) < 4.78 is 1.89. The van der Waals surface area contributed by atoms with E-state index in [-0.39, 0.29) is 6.04 Å². The standard InChI is InChI=1S/C20H23ClN6O/c1-14-13-25-19(22-12-11-16-7-4-3-5-8-16)23-24-20(25)27(28)26(14)18-10-6-9-17(21)15(18)2/h3-10,14,28H,11-13H2,1-2H3,(H,22,23). The SMILES string of the molecule is Cc1c(Cl)cccc1N1C(C)Cn2c(NCCc3ccccc3)nnc2N1O. The largest absolute Gasteiger partial charge is 0.354 e. The van der Waals surface area contributed by atoms with Gasteiger partial charge in [0.25, 0.3) is 5.95 Å². The summed E-state index contributed by atoms with van der Waals surface area (Å²) in [5.41, 5.74) is 3.01. The van der Waals surface area contributed by atoms with Gasteiger partial charge in [-0.2, -0.15) is 0 Å². The molecular weight excluding hydrogens is 376 g/mol. The molecule has 0 fully saturated rings. The lowest BCUT2D eigenvalue weighted by Gasteiger charge is -2.41. The van der Waals surface area contributed by atoms with E-state index in [1.807, 2.05) is 54.8 Å². The van der Waals surface area contributed by atoms with E-state index in [9.17, 15) is 5.21 Å². The van der Waals surface area contributed by atoms with Crippen molar-refractivity contribution >= 4 is 29.2 Å². The van der Waals surface area contributed by atoms with Crippen molar-refractivity contribution in [1.82, 2.24) is 14.8 Å². The summed E-state index contributed by atoms with van der Waals surface area (Å²) in [5, 5.41) is 26.1. The van der Waals surface area contributed by atoms with Crippen LogP contribution in [0.2, 0.25) is 5.02 Å². The van der Waals surface area contributed by atoms with Gasteiger partial charge in [-0.25, -0.2) is 0 Å². The Labute approximate surface area is 169 Å². The molecule has 0 bridgehead atoms. The molecule has 0 aliphatic carbocycles. The van der Waals surface area contributed by atoms with Gasteiger partial charge in [0.15, 0.2) is 0 Å².